The number of amides is 1. The van der Waals surface area contributed by atoms with Crippen molar-refractivity contribution in [3.8, 4) is 0 Å². The molecular formula is C16H24ClN3O3S. The van der Waals surface area contributed by atoms with Gasteiger partial charge < -0.3 is 11.1 Å². The molecule has 1 aromatic carbocycles. The number of carbonyl (C=O) groups excluding carboxylic acids is 1. The predicted molar refractivity (Wildman–Crippen MR) is 94.8 cm³/mol. The van der Waals surface area contributed by atoms with E-state index in [0.717, 1.165) is 31.2 Å². The van der Waals surface area contributed by atoms with Crippen LogP contribution in [0.2, 0.25) is 0 Å². The van der Waals surface area contributed by atoms with Crippen LogP contribution in [0.1, 0.15) is 41.6 Å². The van der Waals surface area contributed by atoms with Crippen molar-refractivity contribution in [3.63, 3.8) is 0 Å². The molecule has 2 aliphatic rings. The van der Waals surface area contributed by atoms with Gasteiger partial charge in [0, 0.05) is 24.2 Å². The Morgan fingerprint density at radius 2 is 1.96 bits per heavy atom. The molecule has 1 aromatic rings. The Bertz CT molecular complexity index is 715. The number of halogens is 1. The molecule has 0 aliphatic heterocycles. The Kier molecular flexibility index (Phi) is 5.91. The Morgan fingerprint density at radius 1 is 1.29 bits per heavy atom. The van der Waals surface area contributed by atoms with E-state index < -0.39 is 10.0 Å². The molecule has 0 saturated heterocycles. The van der Waals surface area contributed by atoms with Crippen LogP contribution < -0.4 is 15.8 Å². The van der Waals surface area contributed by atoms with E-state index in [1.165, 1.54) is 12.1 Å². The molecule has 1 amide bonds. The standard InChI is InChI=1S/C16H23N3O3S.ClH/c1-10-2-7-13(23(21,22)19-12-5-6-12)8-14(10)16(20)18-15(9-17)11-3-4-11;/h2,7-8,11-12,15,19H,3-6,9,17H2,1H3,(H,18,20);1H. The first-order valence-electron chi connectivity index (χ1n) is 8.04. The molecule has 0 bridgehead atoms. The largest absolute Gasteiger partial charge is 0.348 e. The van der Waals surface area contributed by atoms with Gasteiger partial charge in [-0.3, -0.25) is 4.79 Å². The lowest BCUT2D eigenvalue weighted by atomic mass is 10.1. The van der Waals surface area contributed by atoms with Gasteiger partial charge in [-0.15, -0.1) is 12.4 Å². The van der Waals surface area contributed by atoms with Crippen molar-refractivity contribution in [1.82, 2.24) is 10.0 Å². The minimum atomic E-state index is -3.56. The normalized spacial score (nSPS) is 18.6. The van der Waals surface area contributed by atoms with E-state index in [2.05, 4.69) is 10.0 Å². The fourth-order valence-corrected chi connectivity index (χ4v) is 3.95. The zero-order valence-corrected chi connectivity index (χ0v) is 15.3. The van der Waals surface area contributed by atoms with E-state index in [1.807, 2.05) is 0 Å². The van der Waals surface area contributed by atoms with Crippen LogP contribution in [0.3, 0.4) is 0 Å². The average molecular weight is 374 g/mol. The monoisotopic (exact) mass is 373 g/mol. The van der Waals surface area contributed by atoms with Crippen molar-refractivity contribution in [2.75, 3.05) is 6.54 Å². The second-order valence-electron chi connectivity index (χ2n) is 6.53. The summed E-state index contributed by atoms with van der Waals surface area (Å²) in [6.07, 6.45) is 3.91. The highest BCUT2D eigenvalue weighted by Gasteiger charge is 2.32. The fraction of sp³-hybridized carbons (Fsp3) is 0.562. The zero-order valence-electron chi connectivity index (χ0n) is 13.6. The summed E-state index contributed by atoms with van der Waals surface area (Å²) in [4.78, 5) is 12.6. The van der Waals surface area contributed by atoms with E-state index in [4.69, 9.17) is 5.73 Å². The third-order valence-electron chi connectivity index (χ3n) is 4.42. The molecule has 0 heterocycles. The van der Waals surface area contributed by atoms with Gasteiger partial charge in [0.1, 0.15) is 0 Å². The molecule has 134 valence electrons. The highest BCUT2D eigenvalue weighted by atomic mass is 35.5. The predicted octanol–water partition coefficient (Wildman–Crippen LogP) is 1.32. The summed E-state index contributed by atoms with van der Waals surface area (Å²) in [6.45, 7) is 2.20. The van der Waals surface area contributed by atoms with Gasteiger partial charge in [-0.2, -0.15) is 0 Å². The first-order valence-corrected chi connectivity index (χ1v) is 9.53. The molecule has 4 N–H and O–H groups in total. The van der Waals surface area contributed by atoms with Crippen molar-refractivity contribution in [3.05, 3.63) is 29.3 Å². The van der Waals surface area contributed by atoms with Crippen molar-refractivity contribution in [2.24, 2.45) is 11.7 Å². The second kappa shape index (κ2) is 7.39. The summed E-state index contributed by atoms with van der Waals surface area (Å²) in [5.74, 6) is 0.195. The van der Waals surface area contributed by atoms with Crippen LogP contribution >= 0.6 is 12.4 Å². The maximum atomic E-state index is 12.5. The van der Waals surface area contributed by atoms with Crippen molar-refractivity contribution < 1.29 is 13.2 Å². The molecule has 2 aliphatic carbocycles. The van der Waals surface area contributed by atoms with Crippen LogP contribution in [0, 0.1) is 12.8 Å². The topological polar surface area (TPSA) is 101 Å². The number of aryl methyl sites for hydroxylation is 1. The Hall–Kier alpha value is -1.15. The molecule has 1 atom stereocenters. The number of hydrogen-bond acceptors (Lipinski definition) is 4. The van der Waals surface area contributed by atoms with Crippen LogP contribution in [0.5, 0.6) is 0 Å². The van der Waals surface area contributed by atoms with Crippen molar-refractivity contribution in [1.29, 1.82) is 0 Å². The van der Waals surface area contributed by atoms with Crippen LogP contribution in [0.4, 0.5) is 0 Å². The molecule has 24 heavy (non-hydrogen) atoms. The van der Waals surface area contributed by atoms with E-state index in [-0.39, 0.29) is 35.3 Å². The molecule has 0 radical (unpaired) electrons. The third kappa shape index (κ3) is 4.47. The van der Waals surface area contributed by atoms with E-state index in [1.54, 1.807) is 13.0 Å². The molecule has 0 aromatic heterocycles. The number of benzene rings is 1. The van der Waals surface area contributed by atoms with Crippen LogP contribution in [-0.4, -0.2) is 33.0 Å². The lowest BCUT2D eigenvalue weighted by Gasteiger charge is -2.17. The zero-order chi connectivity index (χ0) is 16.6. The molecule has 3 rings (SSSR count). The molecule has 1 unspecified atom stereocenters. The lowest BCUT2D eigenvalue weighted by Crippen LogP contribution is -2.42. The first-order chi connectivity index (χ1) is 10.9. The summed E-state index contributed by atoms with van der Waals surface area (Å²) < 4.78 is 27.2. The van der Waals surface area contributed by atoms with Gasteiger partial charge in [0.2, 0.25) is 10.0 Å². The first kappa shape index (κ1) is 19.2. The maximum absolute atomic E-state index is 12.5. The molecule has 2 fully saturated rings. The highest BCUT2D eigenvalue weighted by Crippen LogP contribution is 2.32. The summed E-state index contributed by atoms with van der Waals surface area (Å²) in [6, 6.07) is 4.67. The molecule has 2 saturated carbocycles. The number of rotatable bonds is 7. The average Bonchev–Trinajstić information content (AvgIpc) is 3.38. The molecule has 6 nitrogen and oxygen atoms in total. The number of nitrogens with two attached hydrogens (primary N) is 1. The highest BCUT2D eigenvalue weighted by molar-refractivity contribution is 7.89. The number of carbonyl (C=O) groups is 1. The Balaban J connectivity index is 0.00000208. The number of sulfonamides is 1. The smallest absolute Gasteiger partial charge is 0.251 e. The van der Waals surface area contributed by atoms with E-state index in [9.17, 15) is 13.2 Å². The maximum Gasteiger partial charge on any atom is 0.251 e. The van der Waals surface area contributed by atoms with Gasteiger partial charge in [0.05, 0.1) is 4.90 Å². The van der Waals surface area contributed by atoms with Crippen LogP contribution in [-0.2, 0) is 10.0 Å². The number of nitrogens with one attached hydrogen (secondary N) is 2. The van der Waals surface area contributed by atoms with Crippen molar-refractivity contribution in [2.45, 2.75) is 49.6 Å². The SMILES string of the molecule is Cc1ccc(S(=O)(=O)NC2CC2)cc1C(=O)NC(CN)C1CC1.Cl. The molecular weight excluding hydrogens is 350 g/mol. The van der Waals surface area contributed by atoms with Gasteiger partial charge in [0.15, 0.2) is 0 Å². The van der Waals surface area contributed by atoms with Crippen LogP contribution in [0.15, 0.2) is 23.1 Å². The van der Waals surface area contributed by atoms with E-state index >= 15 is 0 Å². The third-order valence-corrected chi connectivity index (χ3v) is 5.94. The Morgan fingerprint density at radius 3 is 2.50 bits per heavy atom. The summed E-state index contributed by atoms with van der Waals surface area (Å²) in [7, 11) is -3.56. The molecule has 0 spiro atoms. The summed E-state index contributed by atoms with van der Waals surface area (Å²) in [5.41, 5.74) is 6.86. The van der Waals surface area contributed by atoms with E-state index in [0.29, 0.717) is 18.0 Å². The fourth-order valence-electron chi connectivity index (χ4n) is 2.62. The number of hydrogen-bond donors (Lipinski definition) is 3. The summed E-state index contributed by atoms with van der Waals surface area (Å²) in [5, 5.41) is 2.94. The van der Waals surface area contributed by atoms with Gasteiger partial charge in [-0.25, -0.2) is 13.1 Å². The van der Waals surface area contributed by atoms with Gasteiger partial charge in [-0.05, 0) is 56.2 Å². The summed E-state index contributed by atoms with van der Waals surface area (Å²) >= 11 is 0. The minimum absolute atomic E-state index is 0. The van der Waals surface area contributed by atoms with Crippen molar-refractivity contribution >= 4 is 28.3 Å². The molecule has 8 heteroatoms. The van der Waals surface area contributed by atoms with Gasteiger partial charge in [-0.1, -0.05) is 6.07 Å². The lowest BCUT2D eigenvalue weighted by molar-refractivity contribution is 0.0932. The second-order valence-corrected chi connectivity index (χ2v) is 8.24. The van der Waals surface area contributed by atoms with Gasteiger partial charge in [0.25, 0.3) is 5.91 Å². The van der Waals surface area contributed by atoms with Gasteiger partial charge >= 0.3 is 0 Å². The van der Waals surface area contributed by atoms with Crippen LogP contribution in [0.25, 0.3) is 0 Å². The quantitative estimate of drug-likeness (QED) is 0.671. The minimum Gasteiger partial charge on any atom is -0.348 e. The Labute approximate surface area is 149 Å².